The van der Waals surface area contributed by atoms with E-state index in [9.17, 15) is 18.0 Å². The highest BCUT2D eigenvalue weighted by molar-refractivity contribution is 6.00. The Balaban J connectivity index is 1.41. The Labute approximate surface area is 200 Å². The first-order valence-corrected chi connectivity index (χ1v) is 11.6. The second-order valence-corrected chi connectivity index (χ2v) is 9.07. The summed E-state index contributed by atoms with van der Waals surface area (Å²) < 4.78 is 44.3. The van der Waals surface area contributed by atoms with Crippen molar-refractivity contribution in [2.75, 3.05) is 16.8 Å². The van der Waals surface area contributed by atoms with E-state index in [0.29, 0.717) is 38.0 Å². The van der Waals surface area contributed by atoms with Gasteiger partial charge in [-0.25, -0.2) is 4.98 Å². The van der Waals surface area contributed by atoms with Gasteiger partial charge in [-0.15, -0.1) is 0 Å². The van der Waals surface area contributed by atoms with Crippen molar-refractivity contribution in [1.29, 1.82) is 0 Å². The molecule has 0 spiro atoms. The summed E-state index contributed by atoms with van der Waals surface area (Å²) in [4.78, 5) is 20.0. The monoisotopic (exact) mass is 485 g/mol. The minimum absolute atomic E-state index is 0.0443. The third-order valence-corrected chi connectivity index (χ3v) is 6.54. The number of hydrogen-bond donors (Lipinski definition) is 1. The van der Waals surface area contributed by atoms with E-state index < -0.39 is 18.9 Å². The summed E-state index contributed by atoms with van der Waals surface area (Å²) in [6, 6.07) is 11.5. The van der Waals surface area contributed by atoms with Crippen LogP contribution in [-0.2, 0) is 23.1 Å². The number of rotatable bonds is 4. The quantitative estimate of drug-likeness (QED) is 0.549. The molecule has 0 bridgehead atoms. The van der Waals surface area contributed by atoms with Crippen LogP contribution in [0.1, 0.15) is 31.2 Å². The Hall–Kier alpha value is -3.40. The van der Waals surface area contributed by atoms with Crippen LogP contribution in [0.3, 0.4) is 0 Å². The van der Waals surface area contributed by atoms with Gasteiger partial charge < -0.3 is 15.0 Å². The molecule has 0 unspecified atom stereocenters. The molecule has 3 heterocycles. The van der Waals surface area contributed by atoms with Crippen molar-refractivity contribution in [3.63, 3.8) is 0 Å². The number of carbonyl (C=O) groups is 1. The van der Waals surface area contributed by atoms with Gasteiger partial charge >= 0.3 is 6.18 Å². The highest BCUT2D eigenvalue weighted by Crippen LogP contribution is 2.39. The van der Waals surface area contributed by atoms with Crippen molar-refractivity contribution < 1.29 is 22.7 Å². The number of hydrogen-bond acceptors (Lipinski definition) is 5. The topological polar surface area (TPSA) is 72.3 Å². The lowest BCUT2D eigenvalue weighted by Gasteiger charge is -2.32. The molecule has 0 saturated heterocycles. The van der Waals surface area contributed by atoms with E-state index in [1.54, 1.807) is 15.8 Å². The highest BCUT2D eigenvalue weighted by Gasteiger charge is 2.35. The van der Waals surface area contributed by atoms with Crippen molar-refractivity contribution in [2.24, 2.45) is 13.0 Å². The van der Waals surface area contributed by atoms with Gasteiger partial charge in [0.05, 0.1) is 29.7 Å². The number of carbonyl (C=O) groups excluding carboxylic acids is 1. The number of nitrogens with zero attached hydrogens (tertiary/aromatic N) is 4. The maximum Gasteiger partial charge on any atom is 0.411 e. The number of anilines is 3. The summed E-state index contributed by atoms with van der Waals surface area (Å²) in [6.07, 6.45) is 0.576. The lowest BCUT2D eigenvalue weighted by atomic mass is 9.86. The molecule has 5 rings (SSSR count). The molecule has 184 valence electrons. The molecule has 1 aromatic carbocycles. The van der Waals surface area contributed by atoms with Crippen LogP contribution in [0.2, 0.25) is 0 Å². The second kappa shape index (κ2) is 9.33. The van der Waals surface area contributed by atoms with E-state index in [2.05, 4.69) is 15.4 Å². The first-order valence-electron chi connectivity index (χ1n) is 11.6. The summed E-state index contributed by atoms with van der Waals surface area (Å²) in [5.74, 6) is 0.362. The van der Waals surface area contributed by atoms with E-state index in [0.717, 1.165) is 28.2 Å². The second-order valence-electron chi connectivity index (χ2n) is 9.07. The summed E-state index contributed by atoms with van der Waals surface area (Å²) in [5, 5.41) is 7.84. The first kappa shape index (κ1) is 23.3. The first-order chi connectivity index (χ1) is 16.8. The van der Waals surface area contributed by atoms with Gasteiger partial charge in [-0.1, -0.05) is 12.1 Å². The van der Waals surface area contributed by atoms with E-state index in [1.165, 1.54) is 0 Å². The minimum Gasteiger partial charge on any atom is -0.369 e. The Kier molecular flexibility index (Phi) is 6.22. The largest absolute Gasteiger partial charge is 0.411 e. The zero-order chi connectivity index (χ0) is 24.6. The lowest BCUT2D eigenvalue weighted by Crippen LogP contribution is -2.38. The number of nitrogens with one attached hydrogen (secondary N) is 1. The molecule has 3 aromatic rings. The highest BCUT2D eigenvalue weighted by atomic mass is 19.4. The molecule has 7 nitrogen and oxygen atoms in total. The molecule has 0 atom stereocenters. The number of amides is 1. The molecular formula is C25H26F3N5O2. The number of benzene rings is 1. The van der Waals surface area contributed by atoms with Crippen molar-refractivity contribution in [1.82, 2.24) is 14.8 Å². The maximum absolute atomic E-state index is 13.8. The predicted octanol–water partition coefficient (Wildman–Crippen LogP) is 5.21. The van der Waals surface area contributed by atoms with Crippen LogP contribution in [0.15, 0.2) is 48.8 Å². The SMILES string of the molecule is Cn1ccc(-c2ccc3c(c2)N(C(=O)C2CCC(OCC(F)(F)F)CC2)Cc2cccnc2N3)n1. The summed E-state index contributed by atoms with van der Waals surface area (Å²) in [5.41, 5.74) is 4.06. The molecule has 1 aliphatic heterocycles. The molecule has 1 N–H and O–H groups in total. The Bertz CT molecular complexity index is 1220. The number of ether oxygens (including phenoxy) is 1. The van der Waals surface area contributed by atoms with E-state index in [1.807, 2.05) is 49.6 Å². The minimum atomic E-state index is -4.35. The molecule has 35 heavy (non-hydrogen) atoms. The number of aromatic nitrogens is 3. The Morgan fingerprint density at radius 3 is 2.69 bits per heavy atom. The van der Waals surface area contributed by atoms with Gasteiger partial charge in [0.25, 0.3) is 0 Å². The summed E-state index contributed by atoms with van der Waals surface area (Å²) >= 11 is 0. The summed E-state index contributed by atoms with van der Waals surface area (Å²) in [6.45, 7) is -0.903. The zero-order valence-corrected chi connectivity index (χ0v) is 19.3. The van der Waals surface area contributed by atoms with Crippen LogP contribution in [0.25, 0.3) is 11.3 Å². The molecule has 2 aliphatic rings. The van der Waals surface area contributed by atoms with Crippen molar-refractivity contribution in [3.8, 4) is 11.3 Å². The van der Waals surface area contributed by atoms with Crippen LogP contribution >= 0.6 is 0 Å². The molecule has 2 aromatic heterocycles. The molecule has 0 radical (unpaired) electrons. The molecule has 1 amide bonds. The van der Waals surface area contributed by atoms with Crippen LogP contribution in [0, 0.1) is 5.92 Å². The third-order valence-electron chi connectivity index (χ3n) is 6.54. The van der Waals surface area contributed by atoms with Crippen LogP contribution < -0.4 is 10.2 Å². The number of fused-ring (bicyclic) bond motifs is 2. The fourth-order valence-electron chi connectivity index (χ4n) is 4.76. The molecule has 1 fully saturated rings. The average Bonchev–Trinajstić information content (AvgIpc) is 3.20. The predicted molar refractivity (Wildman–Crippen MR) is 125 cm³/mol. The lowest BCUT2D eigenvalue weighted by molar-refractivity contribution is -0.188. The molecule has 10 heteroatoms. The standard InChI is InChI=1S/C25H26F3N5O2/c1-32-12-10-20(31-32)17-6-9-21-22(13-17)33(14-18-3-2-11-29-23(18)30-21)24(34)16-4-7-19(8-5-16)35-15-25(26,27)28/h2-3,6,9-13,16,19H,4-5,7-8,14-15H2,1H3,(H,29,30). The smallest absolute Gasteiger partial charge is 0.369 e. The Morgan fingerprint density at radius 2 is 1.97 bits per heavy atom. The van der Waals surface area contributed by atoms with Gasteiger partial charge in [-0.2, -0.15) is 18.3 Å². The van der Waals surface area contributed by atoms with Gasteiger partial charge in [0.15, 0.2) is 0 Å². The number of pyridine rings is 1. The van der Waals surface area contributed by atoms with Gasteiger partial charge in [0.2, 0.25) is 5.91 Å². The molecule has 1 saturated carbocycles. The van der Waals surface area contributed by atoms with Gasteiger partial charge in [-0.05, 0) is 49.9 Å². The van der Waals surface area contributed by atoms with Crippen LogP contribution in [-0.4, -0.2) is 39.6 Å². The molecular weight excluding hydrogens is 459 g/mol. The van der Waals surface area contributed by atoms with Gasteiger partial charge in [0.1, 0.15) is 12.4 Å². The normalized spacial score (nSPS) is 19.9. The number of aryl methyl sites for hydroxylation is 1. The summed E-state index contributed by atoms with van der Waals surface area (Å²) in [7, 11) is 1.85. The molecule has 1 aliphatic carbocycles. The zero-order valence-electron chi connectivity index (χ0n) is 19.3. The van der Waals surface area contributed by atoms with Crippen molar-refractivity contribution in [2.45, 2.75) is 44.5 Å². The van der Waals surface area contributed by atoms with Crippen LogP contribution in [0.4, 0.5) is 30.4 Å². The number of alkyl halides is 3. The van der Waals surface area contributed by atoms with Gasteiger partial charge in [0, 0.05) is 36.5 Å². The van der Waals surface area contributed by atoms with E-state index >= 15 is 0 Å². The Morgan fingerprint density at radius 1 is 1.17 bits per heavy atom. The van der Waals surface area contributed by atoms with E-state index in [-0.39, 0.29) is 11.8 Å². The van der Waals surface area contributed by atoms with Crippen LogP contribution in [0.5, 0.6) is 0 Å². The average molecular weight is 486 g/mol. The van der Waals surface area contributed by atoms with E-state index in [4.69, 9.17) is 4.74 Å². The third kappa shape index (κ3) is 5.17. The van der Waals surface area contributed by atoms with Crippen molar-refractivity contribution in [3.05, 3.63) is 54.4 Å². The number of halogens is 3. The maximum atomic E-state index is 13.8. The van der Waals surface area contributed by atoms with Crippen molar-refractivity contribution >= 4 is 23.1 Å². The fraction of sp³-hybridized carbons (Fsp3) is 0.400. The fourth-order valence-corrected chi connectivity index (χ4v) is 4.76. The van der Waals surface area contributed by atoms with Gasteiger partial charge in [-0.3, -0.25) is 9.48 Å².